The molecule has 2 unspecified atom stereocenters. The molecule has 2 nitrogen and oxygen atoms in total. The molecule has 1 aliphatic carbocycles. The maximum Gasteiger partial charge on any atom is 0.128 e. The van der Waals surface area contributed by atoms with Crippen molar-refractivity contribution in [2.75, 3.05) is 6.61 Å². The third-order valence-corrected chi connectivity index (χ3v) is 5.25. The van der Waals surface area contributed by atoms with E-state index in [-0.39, 0.29) is 5.41 Å². The van der Waals surface area contributed by atoms with Gasteiger partial charge in [0, 0.05) is 5.56 Å². The molecule has 1 aliphatic heterocycles. The van der Waals surface area contributed by atoms with E-state index in [1.807, 2.05) is 0 Å². The minimum Gasteiger partial charge on any atom is -0.493 e. The Morgan fingerprint density at radius 1 is 1.25 bits per heavy atom. The molecule has 0 spiro atoms. The van der Waals surface area contributed by atoms with Gasteiger partial charge >= 0.3 is 0 Å². The largest absolute Gasteiger partial charge is 0.493 e. The fourth-order valence-corrected chi connectivity index (χ4v) is 3.97. The van der Waals surface area contributed by atoms with Gasteiger partial charge in [-0.3, -0.25) is 0 Å². The van der Waals surface area contributed by atoms with Crippen LogP contribution in [0.4, 0.5) is 0 Å². The van der Waals surface area contributed by atoms with E-state index in [0.29, 0.717) is 5.92 Å². The molecule has 1 aromatic rings. The molecule has 1 heterocycles. The third kappa shape index (κ3) is 2.46. The minimum atomic E-state index is -0.390. The van der Waals surface area contributed by atoms with Crippen molar-refractivity contribution in [2.45, 2.75) is 58.5 Å². The Labute approximate surface area is 122 Å². The summed E-state index contributed by atoms with van der Waals surface area (Å²) in [4.78, 5) is 0. The number of para-hydroxylation sites is 1. The monoisotopic (exact) mass is 274 g/mol. The molecule has 20 heavy (non-hydrogen) atoms. The summed E-state index contributed by atoms with van der Waals surface area (Å²) in [5.74, 6) is 1.31. The average Bonchev–Trinajstić information content (AvgIpc) is 2.45. The number of hydrogen-bond acceptors (Lipinski definition) is 2. The van der Waals surface area contributed by atoms with Crippen LogP contribution in [0.5, 0.6) is 5.75 Å². The molecule has 1 N–H and O–H groups in total. The summed E-state index contributed by atoms with van der Waals surface area (Å²) in [6, 6.07) is 6.26. The maximum absolute atomic E-state index is 11.0. The molecule has 0 saturated heterocycles. The van der Waals surface area contributed by atoms with Crippen LogP contribution in [-0.2, 0) is 6.42 Å². The first-order chi connectivity index (χ1) is 9.59. The summed E-state index contributed by atoms with van der Waals surface area (Å²) in [6.45, 7) is 5.39. The highest BCUT2D eigenvalue weighted by molar-refractivity contribution is 5.44. The van der Waals surface area contributed by atoms with E-state index in [9.17, 15) is 5.11 Å². The molecule has 2 aliphatic rings. The second kappa shape index (κ2) is 5.40. The van der Waals surface area contributed by atoms with Crippen molar-refractivity contribution in [3.63, 3.8) is 0 Å². The molecule has 2 atom stereocenters. The number of aliphatic hydroxyl groups is 1. The Morgan fingerprint density at radius 3 is 2.90 bits per heavy atom. The first kappa shape index (κ1) is 13.9. The van der Waals surface area contributed by atoms with Gasteiger partial charge in [-0.05, 0) is 42.6 Å². The highest BCUT2D eigenvalue weighted by Gasteiger charge is 2.38. The number of hydrogen-bond donors (Lipinski definition) is 1. The first-order valence-electron chi connectivity index (χ1n) is 8.02. The molecule has 2 heteroatoms. The highest BCUT2D eigenvalue weighted by Crippen LogP contribution is 2.48. The van der Waals surface area contributed by atoms with Crippen LogP contribution in [0.25, 0.3) is 0 Å². The smallest absolute Gasteiger partial charge is 0.128 e. The van der Waals surface area contributed by atoms with Crippen molar-refractivity contribution in [3.05, 3.63) is 29.3 Å². The zero-order chi connectivity index (χ0) is 14.2. The van der Waals surface area contributed by atoms with Gasteiger partial charge in [0.15, 0.2) is 0 Å². The number of aliphatic hydroxyl groups excluding tert-OH is 1. The molecule has 1 saturated carbocycles. The minimum absolute atomic E-state index is 0.217. The Bertz CT molecular complexity index is 478. The van der Waals surface area contributed by atoms with Gasteiger partial charge in [-0.15, -0.1) is 0 Å². The number of rotatable bonds is 2. The van der Waals surface area contributed by atoms with Gasteiger partial charge in [0.2, 0.25) is 0 Å². The van der Waals surface area contributed by atoms with E-state index in [2.05, 4.69) is 32.0 Å². The molecule has 3 rings (SSSR count). The summed E-state index contributed by atoms with van der Waals surface area (Å²) in [6.07, 6.45) is 6.63. The SMILES string of the molecule is CC1(C)CCCCC1C(O)c1cccc2c1OCCC2. The van der Waals surface area contributed by atoms with Gasteiger partial charge < -0.3 is 9.84 Å². The van der Waals surface area contributed by atoms with Gasteiger partial charge in [-0.2, -0.15) is 0 Å². The van der Waals surface area contributed by atoms with E-state index in [1.165, 1.54) is 24.8 Å². The molecule has 0 bridgehead atoms. The highest BCUT2D eigenvalue weighted by atomic mass is 16.5. The van der Waals surface area contributed by atoms with Crippen LogP contribution in [0, 0.1) is 11.3 Å². The lowest BCUT2D eigenvalue weighted by Crippen LogP contribution is -2.33. The normalized spacial score (nSPS) is 26.4. The molecule has 1 aromatic carbocycles. The Balaban J connectivity index is 1.92. The number of fused-ring (bicyclic) bond motifs is 1. The van der Waals surface area contributed by atoms with Crippen molar-refractivity contribution in [2.24, 2.45) is 11.3 Å². The van der Waals surface area contributed by atoms with E-state index < -0.39 is 6.10 Å². The zero-order valence-electron chi connectivity index (χ0n) is 12.7. The van der Waals surface area contributed by atoms with Gasteiger partial charge in [-0.25, -0.2) is 0 Å². The maximum atomic E-state index is 11.0. The van der Waals surface area contributed by atoms with Crippen LogP contribution in [0.15, 0.2) is 18.2 Å². The van der Waals surface area contributed by atoms with Gasteiger partial charge in [0.05, 0.1) is 12.7 Å². The zero-order valence-corrected chi connectivity index (χ0v) is 12.7. The third-order valence-electron chi connectivity index (χ3n) is 5.25. The standard InChI is InChI=1S/C18H26O2/c1-18(2)11-4-3-10-15(18)16(19)14-9-5-7-13-8-6-12-20-17(13)14/h5,7,9,15-16,19H,3-4,6,8,10-12H2,1-2H3. The molecule has 0 amide bonds. The van der Waals surface area contributed by atoms with Crippen LogP contribution in [0.3, 0.4) is 0 Å². The van der Waals surface area contributed by atoms with E-state index in [4.69, 9.17) is 4.74 Å². The van der Waals surface area contributed by atoms with E-state index in [0.717, 1.165) is 37.2 Å². The van der Waals surface area contributed by atoms with Crippen LogP contribution in [0.1, 0.15) is 63.2 Å². The second-order valence-electron chi connectivity index (χ2n) is 7.07. The molecular weight excluding hydrogens is 248 g/mol. The van der Waals surface area contributed by atoms with Crippen LogP contribution in [0.2, 0.25) is 0 Å². The average molecular weight is 274 g/mol. The fraction of sp³-hybridized carbons (Fsp3) is 0.667. The Morgan fingerprint density at radius 2 is 2.10 bits per heavy atom. The quantitative estimate of drug-likeness (QED) is 0.873. The van der Waals surface area contributed by atoms with Crippen molar-refractivity contribution < 1.29 is 9.84 Å². The van der Waals surface area contributed by atoms with Gasteiger partial charge in [0.25, 0.3) is 0 Å². The molecule has 0 aromatic heterocycles. The van der Waals surface area contributed by atoms with Crippen LogP contribution >= 0.6 is 0 Å². The number of aryl methyl sites for hydroxylation is 1. The fourth-order valence-electron chi connectivity index (χ4n) is 3.97. The van der Waals surface area contributed by atoms with Gasteiger partial charge in [-0.1, -0.05) is 44.9 Å². The summed E-state index contributed by atoms with van der Waals surface area (Å²) in [7, 11) is 0. The van der Waals surface area contributed by atoms with Crippen LogP contribution < -0.4 is 4.74 Å². The van der Waals surface area contributed by atoms with Crippen molar-refractivity contribution in [1.29, 1.82) is 0 Å². The predicted octanol–water partition coefficient (Wildman–Crippen LogP) is 4.26. The first-order valence-corrected chi connectivity index (χ1v) is 8.02. The molecular formula is C18H26O2. The Kier molecular flexibility index (Phi) is 3.76. The summed E-state index contributed by atoms with van der Waals surface area (Å²) in [5, 5.41) is 11.0. The second-order valence-corrected chi connectivity index (χ2v) is 7.07. The summed E-state index contributed by atoms with van der Waals surface area (Å²) >= 11 is 0. The van der Waals surface area contributed by atoms with E-state index in [1.54, 1.807) is 0 Å². The molecule has 1 fully saturated rings. The topological polar surface area (TPSA) is 29.5 Å². The van der Waals surface area contributed by atoms with Crippen molar-refractivity contribution in [1.82, 2.24) is 0 Å². The van der Waals surface area contributed by atoms with Crippen molar-refractivity contribution >= 4 is 0 Å². The summed E-state index contributed by atoms with van der Waals surface area (Å²) < 4.78 is 5.87. The molecule has 110 valence electrons. The molecule has 0 radical (unpaired) electrons. The predicted molar refractivity (Wildman–Crippen MR) is 81.0 cm³/mol. The lowest BCUT2D eigenvalue weighted by molar-refractivity contribution is 0.00213. The lowest BCUT2D eigenvalue weighted by atomic mass is 9.65. The summed E-state index contributed by atoms with van der Waals surface area (Å²) in [5.41, 5.74) is 2.50. The number of ether oxygens (including phenoxy) is 1. The van der Waals surface area contributed by atoms with E-state index >= 15 is 0 Å². The van der Waals surface area contributed by atoms with Crippen molar-refractivity contribution in [3.8, 4) is 5.75 Å². The number of benzene rings is 1. The van der Waals surface area contributed by atoms with Crippen LogP contribution in [-0.4, -0.2) is 11.7 Å². The lowest BCUT2D eigenvalue weighted by Gasteiger charge is -2.42. The Hall–Kier alpha value is -1.02. The van der Waals surface area contributed by atoms with Gasteiger partial charge in [0.1, 0.15) is 5.75 Å².